The molecule has 1 fully saturated rings. The summed E-state index contributed by atoms with van der Waals surface area (Å²) in [6.07, 6.45) is 3.76. The van der Waals surface area contributed by atoms with Crippen LogP contribution < -0.4 is 4.74 Å². The third-order valence-corrected chi connectivity index (χ3v) is 5.05. The first-order chi connectivity index (χ1) is 10.1. The van der Waals surface area contributed by atoms with Crippen LogP contribution in [0.3, 0.4) is 0 Å². The molecule has 0 amide bonds. The van der Waals surface area contributed by atoms with Gasteiger partial charge in [0.25, 0.3) is 0 Å². The lowest BCUT2D eigenvalue weighted by atomic mass is 9.79. The summed E-state index contributed by atoms with van der Waals surface area (Å²) in [6.45, 7) is 4.70. The van der Waals surface area contributed by atoms with Crippen LogP contribution >= 0.6 is 11.6 Å². The Hall–Kier alpha value is -1.22. The van der Waals surface area contributed by atoms with Gasteiger partial charge in [-0.2, -0.15) is 0 Å². The number of hydrogen-bond donors (Lipinski definition) is 0. The second-order valence-corrected chi connectivity index (χ2v) is 6.62. The normalized spacial score (nSPS) is 26.2. The Morgan fingerprint density at radius 3 is 2.81 bits per heavy atom. The number of imidazole rings is 1. The number of fused-ring (bicyclic) bond motifs is 1. The van der Waals surface area contributed by atoms with E-state index >= 15 is 0 Å². The zero-order chi connectivity index (χ0) is 15.0. The van der Waals surface area contributed by atoms with Crippen LogP contribution in [0.1, 0.15) is 45.0 Å². The average molecular weight is 307 g/mol. The zero-order valence-corrected chi connectivity index (χ0v) is 13.7. The van der Waals surface area contributed by atoms with E-state index < -0.39 is 0 Å². The van der Waals surface area contributed by atoms with Crippen molar-refractivity contribution in [2.24, 2.45) is 11.8 Å². The summed E-state index contributed by atoms with van der Waals surface area (Å²) in [5, 5.41) is 0. The molecule has 0 aliphatic heterocycles. The number of ether oxygens (including phenoxy) is 1. The maximum Gasteiger partial charge on any atom is 0.125 e. The molecule has 3 atom stereocenters. The van der Waals surface area contributed by atoms with Gasteiger partial charge in [0.05, 0.1) is 24.0 Å². The van der Waals surface area contributed by atoms with Crippen LogP contribution in [-0.4, -0.2) is 16.7 Å². The van der Waals surface area contributed by atoms with Crippen molar-refractivity contribution in [3.05, 3.63) is 24.0 Å². The molecule has 0 spiro atoms. The lowest BCUT2D eigenvalue weighted by molar-refractivity contribution is 0.208. The van der Waals surface area contributed by atoms with Crippen LogP contribution in [0.5, 0.6) is 5.75 Å². The van der Waals surface area contributed by atoms with Gasteiger partial charge in [0.2, 0.25) is 0 Å². The largest absolute Gasteiger partial charge is 0.497 e. The molecule has 0 radical (unpaired) electrons. The van der Waals surface area contributed by atoms with Gasteiger partial charge in [-0.15, -0.1) is 11.6 Å². The van der Waals surface area contributed by atoms with E-state index in [0.29, 0.717) is 17.8 Å². The molecule has 1 aromatic heterocycles. The van der Waals surface area contributed by atoms with Crippen LogP contribution in [0, 0.1) is 11.8 Å². The summed E-state index contributed by atoms with van der Waals surface area (Å²) in [6, 6.07) is 6.57. The molecule has 21 heavy (non-hydrogen) atoms. The van der Waals surface area contributed by atoms with Crippen molar-refractivity contribution in [2.45, 2.75) is 45.0 Å². The van der Waals surface area contributed by atoms with Gasteiger partial charge >= 0.3 is 0 Å². The molecule has 3 nitrogen and oxygen atoms in total. The second-order valence-electron chi connectivity index (χ2n) is 6.35. The molecule has 3 unspecified atom stereocenters. The molecule has 1 aliphatic carbocycles. The SMILES string of the molecule is COc1ccc2nc(CCl)n(C3CCC(C)CC3C)c2c1. The summed E-state index contributed by atoms with van der Waals surface area (Å²) in [4.78, 5) is 4.71. The predicted molar refractivity (Wildman–Crippen MR) is 87.1 cm³/mol. The molecule has 0 N–H and O–H groups in total. The van der Waals surface area contributed by atoms with Gasteiger partial charge in [-0.05, 0) is 43.2 Å². The van der Waals surface area contributed by atoms with E-state index in [1.54, 1.807) is 7.11 Å². The van der Waals surface area contributed by atoms with Gasteiger partial charge in [-0.1, -0.05) is 13.8 Å². The number of aromatic nitrogens is 2. The van der Waals surface area contributed by atoms with Gasteiger partial charge in [0.15, 0.2) is 0 Å². The third kappa shape index (κ3) is 2.64. The highest BCUT2D eigenvalue weighted by molar-refractivity contribution is 6.16. The molecular formula is C17H23ClN2O. The van der Waals surface area contributed by atoms with Crippen LogP contribution in [0.4, 0.5) is 0 Å². The molecule has 2 aromatic rings. The van der Waals surface area contributed by atoms with Gasteiger partial charge in [-0.3, -0.25) is 0 Å². The van der Waals surface area contributed by atoms with E-state index in [2.05, 4.69) is 24.5 Å². The van der Waals surface area contributed by atoms with E-state index in [4.69, 9.17) is 21.3 Å². The molecule has 1 saturated carbocycles. The highest BCUT2D eigenvalue weighted by Crippen LogP contribution is 2.39. The summed E-state index contributed by atoms with van der Waals surface area (Å²) in [5.74, 6) is 3.78. The van der Waals surface area contributed by atoms with Crippen molar-refractivity contribution in [1.82, 2.24) is 9.55 Å². The molecule has 1 heterocycles. The first-order valence-electron chi connectivity index (χ1n) is 7.74. The molecule has 4 heteroatoms. The fourth-order valence-corrected chi connectivity index (χ4v) is 3.94. The molecule has 3 rings (SSSR count). The number of alkyl halides is 1. The average Bonchev–Trinajstić information content (AvgIpc) is 2.84. The smallest absolute Gasteiger partial charge is 0.125 e. The van der Waals surface area contributed by atoms with E-state index in [1.807, 2.05) is 12.1 Å². The van der Waals surface area contributed by atoms with E-state index in [1.165, 1.54) is 19.3 Å². The summed E-state index contributed by atoms with van der Waals surface area (Å²) >= 11 is 6.16. The number of hydrogen-bond acceptors (Lipinski definition) is 2. The quantitative estimate of drug-likeness (QED) is 0.763. The summed E-state index contributed by atoms with van der Waals surface area (Å²) in [5.41, 5.74) is 2.16. The van der Waals surface area contributed by atoms with Crippen molar-refractivity contribution in [3.63, 3.8) is 0 Å². The Labute approximate surface area is 131 Å². The van der Waals surface area contributed by atoms with Crippen molar-refractivity contribution in [2.75, 3.05) is 7.11 Å². The Kier molecular flexibility index (Phi) is 4.12. The summed E-state index contributed by atoms with van der Waals surface area (Å²) in [7, 11) is 1.70. The standard InChI is InChI=1S/C17H23ClN2O/c1-11-4-7-15(12(2)8-11)20-16-9-13(21-3)5-6-14(16)19-17(20)10-18/h5-6,9,11-12,15H,4,7-8,10H2,1-3H3. The van der Waals surface area contributed by atoms with Gasteiger partial charge in [0.1, 0.15) is 11.6 Å². The van der Waals surface area contributed by atoms with E-state index in [9.17, 15) is 0 Å². The number of rotatable bonds is 3. The minimum Gasteiger partial charge on any atom is -0.497 e. The fourth-order valence-electron chi connectivity index (χ4n) is 3.75. The topological polar surface area (TPSA) is 27.1 Å². The zero-order valence-electron chi connectivity index (χ0n) is 13.0. The predicted octanol–water partition coefficient (Wildman–Crippen LogP) is 4.78. The van der Waals surface area contributed by atoms with Gasteiger partial charge < -0.3 is 9.30 Å². The number of benzene rings is 1. The first-order valence-corrected chi connectivity index (χ1v) is 8.28. The second kappa shape index (κ2) is 5.88. The first kappa shape index (κ1) is 14.7. The van der Waals surface area contributed by atoms with Crippen LogP contribution in [-0.2, 0) is 5.88 Å². The molecule has 1 aromatic carbocycles. The monoisotopic (exact) mass is 306 g/mol. The van der Waals surface area contributed by atoms with E-state index in [0.717, 1.165) is 28.5 Å². The Balaban J connectivity index is 2.10. The highest BCUT2D eigenvalue weighted by atomic mass is 35.5. The van der Waals surface area contributed by atoms with Crippen molar-refractivity contribution >= 4 is 22.6 Å². The molecule has 1 aliphatic rings. The van der Waals surface area contributed by atoms with Crippen molar-refractivity contribution in [1.29, 1.82) is 0 Å². The Bertz CT molecular complexity index is 637. The van der Waals surface area contributed by atoms with Crippen LogP contribution in [0.2, 0.25) is 0 Å². The Morgan fingerprint density at radius 1 is 1.33 bits per heavy atom. The minimum absolute atomic E-state index is 0.454. The number of methoxy groups -OCH3 is 1. The molecular weight excluding hydrogens is 284 g/mol. The lowest BCUT2D eigenvalue weighted by Gasteiger charge is -2.34. The van der Waals surface area contributed by atoms with Gasteiger partial charge in [0, 0.05) is 12.1 Å². The van der Waals surface area contributed by atoms with Crippen molar-refractivity contribution in [3.8, 4) is 5.75 Å². The fraction of sp³-hybridized carbons (Fsp3) is 0.588. The molecule has 114 valence electrons. The molecule has 0 bridgehead atoms. The highest BCUT2D eigenvalue weighted by Gasteiger charge is 2.29. The van der Waals surface area contributed by atoms with E-state index in [-0.39, 0.29) is 0 Å². The van der Waals surface area contributed by atoms with Crippen LogP contribution in [0.15, 0.2) is 18.2 Å². The van der Waals surface area contributed by atoms with Crippen LogP contribution in [0.25, 0.3) is 11.0 Å². The maximum atomic E-state index is 6.16. The Morgan fingerprint density at radius 2 is 2.14 bits per heavy atom. The minimum atomic E-state index is 0.454. The summed E-state index contributed by atoms with van der Waals surface area (Å²) < 4.78 is 7.74. The van der Waals surface area contributed by atoms with Crippen molar-refractivity contribution < 1.29 is 4.74 Å². The number of halogens is 1. The third-order valence-electron chi connectivity index (χ3n) is 4.81. The van der Waals surface area contributed by atoms with Gasteiger partial charge in [-0.25, -0.2) is 4.98 Å². The molecule has 0 saturated heterocycles. The number of nitrogens with zero attached hydrogens (tertiary/aromatic N) is 2. The maximum absolute atomic E-state index is 6.16. The lowest BCUT2D eigenvalue weighted by Crippen LogP contribution is -2.25.